The molecule has 1 aromatic rings. The number of nitrogens with one attached hydrogen (secondary N) is 1. The van der Waals surface area contributed by atoms with E-state index >= 15 is 0 Å². The summed E-state index contributed by atoms with van der Waals surface area (Å²) in [5, 5.41) is 2.90. The van der Waals surface area contributed by atoms with Gasteiger partial charge in [-0.05, 0) is 12.1 Å². The van der Waals surface area contributed by atoms with Crippen LogP contribution in [0.1, 0.15) is 0 Å². The second-order valence-corrected chi connectivity index (χ2v) is 5.62. The van der Waals surface area contributed by atoms with E-state index < -0.39 is 7.29 Å². The Bertz CT molecular complexity index is 267. The molecule has 3 nitrogen and oxygen atoms in total. The highest BCUT2D eigenvalue weighted by molar-refractivity contribution is 7.63. The van der Waals surface area contributed by atoms with Crippen molar-refractivity contribution in [3.63, 3.8) is 0 Å². The smallest absolute Gasteiger partial charge is 0.164 e. The van der Waals surface area contributed by atoms with Crippen LogP contribution >= 0.6 is 7.29 Å². The minimum Gasteiger partial charge on any atom is -0.336 e. The van der Waals surface area contributed by atoms with Crippen molar-refractivity contribution in [2.75, 3.05) is 18.4 Å². The third-order valence-corrected chi connectivity index (χ3v) is 1.88. The maximum absolute atomic E-state index is 11.3. The van der Waals surface area contributed by atoms with Gasteiger partial charge in [-0.1, -0.05) is 0 Å². The van der Waals surface area contributed by atoms with E-state index in [2.05, 4.69) is 10.1 Å². The quantitative estimate of drug-likeness (QED) is 0.690. The van der Waals surface area contributed by atoms with Crippen molar-refractivity contribution in [2.24, 2.45) is 0 Å². The van der Waals surface area contributed by atoms with Crippen molar-refractivity contribution in [3.05, 3.63) is 24.5 Å². The SMILES string of the molecule is CP(C)(=O)Nc1ccncc1. The Kier molecular flexibility index (Phi) is 2.30. The highest BCUT2D eigenvalue weighted by Crippen LogP contribution is 2.35. The summed E-state index contributed by atoms with van der Waals surface area (Å²) in [4.78, 5) is 3.85. The molecule has 0 fully saturated rings. The minimum absolute atomic E-state index is 0.855. The zero-order valence-corrected chi connectivity index (χ0v) is 7.51. The van der Waals surface area contributed by atoms with Crippen LogP contribution in [0.5, 0.6) is 0 Å². The Morgan fingerprint density at radius 2 is 1.91 bits per heavy atom. The lowest BCUT2D eigenvalue weighted by Crippen LogP contribution is -1.92. The van der Waals surface area contributed by atoms with Gasteiger partial charge in [0, 0.05) is 31.4 Å². The van der Waals surface area contributed by atoms with Crippen LogP contribution in [0, 0.1) is 0 Å². The Hall–Kier alpha value is -0.820. The molecular formula is C7H11N2OP. The lowest BCUT2D eigenvalue weighted by Gasteiger charge is -2.09. The third-order valence-electron chi connectivity index (χ3n) is 1.08. The van der Waals surface area contributed by atoms with Crippen LogP contribution < -0.4 is 5.09 Å². The van der Waals surface area contributed by atoms with Gasteiger partial charge in [0.25, 0.3) is 0 Å². The summed E-state index contributed by atoms with van der Waals surface area (Å²) >= 11 is 0. The molecule has 0 saturated heterocycles. The van der Waals surface area contributed by atoms with Gasteiger partial charge < -0.3 is 9.65 Å². The normalized spacial score (nSPS) is 11.1. The number of nitrogens with zero attached hydrogens (tertiary/aromatic N) is 1. The predicted octanol–water partition coefficient (Wildman–Crippen LogP) is 2.03. The average molecular weight is 170 g/mol. The monoisotopic (exact) mass is 170 g/mol. The topological polar surface area (TPSA) is 42.0 Å². The average Bonchev–Trinajstić information content (AvgIpc) is 1.85. The van der Waals surface area contributed by atoms with Crippen LogP contribution in [0.4, 0.5) is 5.69 Å². The Morgan fingerprint density at radius 3 is 2.36 bits per heavy atom. The fraction of sp³-hybridized carbons (Fsp3) is 0.286. The molecule has 0 aliphatic heterocycles. The fourth-order valence-electron chi connectivity index (χ4n) is 0.737. The van der Waals surface area contributed by atoms with Crippen LogP contribution in [0.15, 0.2) is 24.5 Å². The van der Waals surface area contributed by atoms with Gasteiger partial charge in [-0.15, -0.1) is 0 Å². The molecule has 0 spiro atoms. The second kappa shape index (κ2) is 3.05. The van der Waals surface area contributed by atoms with Gasteiger partial charge in [-0.3, -0.25) is 4.98 Å². The Labute approximate surface area is 66.3 Å². The van der Waals surface area contributed by atoms with Gasteiger partial charge in [0.2, 0.25) is 0 Å². The molecule has 4 heteroatoms. The highest BCUT2D eigenvalue weighted by Gasteiger charge is 2.04. The molecule has 11 heavy (non-hydrogen) atoms. The van der Waals surface area contributed by atoms with E-state index in [9.17, 15) is 4.57 Å². The number of hydrogen-bond acceptors (Lipinski definition) is 2. The fourth-order valence-corrected chi connectivity index (χ4v) is 1.51. The summed E-state index contributed by atoms with van der Waals surface area (Å²) in [6.07, 6.45) is 3.33. The number of rotatable bonds is 2. The lowest BCUT2D eigenvalue weighted by atomic mass is 10.4. The molecule has 0 radical (unpaired) electrons. The van der Waals surface area contributed by atoms with E-state index in [0.717, 1.165) is 5.69 Å². The van der Waals surface area contributed by atoms with Gasteiger partial charge in [-0.25, -0.2) is 0 Å². The van der Waals surface area contributed by atoms with Gasteiger partial charge in [-0.2, -0.15) is 0 Å². The van der Waals surface area contributed by atoms with E-state index in [0.29, 0.717) is 0 Å². The first-order chi connectivity index (χ1) is 5.08. The summed E-state index contributed by atoms with van der Waals surface area (Å²) in [5.41, 5.74) is 0.855. The van der Waals surface area contributed by atoms with Crippen molar-refractivity contribution in [1.29, 1.82) is 0 Å². The molecule has 1 rings (SSSR count). The summed E-state index contributed by atoms with van der Waals surface area (Å²) in [7, 11) is -2.17. The first-order valence-electron chi connectivity index (χ1n) is 3.31. The van der Waals surface area contributed by atoms with E-state index in [4.69, 9.17) is 0 Å². The van der Waals surface area contributed by atoms with Crippen LogP contribution in [0.3, 0.4) is 0 Å². The highest BCUT2D eigenvalue weighted by atomic mass is 31.2. The maximum atomic E-state index is 11.3. The third kappa shape index (κ3) is 3.19. The van der Waals surface area contributed by atoms with Gasteiger partial charge in [0.15, 0.2) is 7.29 Å². The predicted molar refractivity (Wildman–Crippen MR) is 47.3 cm³/mol. The van der Waals surface area contributed by atoms with Crippen molar-refractivity contribution in [2.45, 2.75) is 0 Å². The summed E-state index contributed by atoms with van der Waals surface area (Å²) < 4.78 is 11.3. The van der Waals surface area contributed by atoms with Crippen molar-refractivity contribution in [1.82, 2.24) is 4.98 Å². The maximum Gasteiger partial charge on any atom is 0.164 e. The molecule has 0 bridgehead atoms. The van der Waals surface area contributed by atoms with Crippen LogP contribution in [-0.2, 0) is 4.57 Å². The van der Waals surface area contributed by atoms with Crippen LogP contribution in [0.25, 0.3) is 0 Å². The van der Waals surface area contributed by atoms with Crippen LogP contribution in [-0.4, -0.2) is 18.3 Å². The molecule has 0 saturated carbocycles. The molecular weight excluding hydrogens is 159 g/mol. The van der Waals surface area contributed by atoms with Gasteiger partial charge >= 0.3 is 0 Å². The standard InChI is InChI=1S/C7H11N2OP/c1-11(2,10)9-7-3-5-8-6-4-7/h3-6H,1-2H3,(H,8,9,10). The molecule has 0 unspecified atom stereocenters. The zero-order chi connectivity index (χ0) is 8.32. The molecule has 1 N–H and O–H groups in total. The zero-order valence-electron chi connectivity index (χ0n) is 6.61. The van der Waals surface area contributed by atoms with Gasteiger partial charge in [0.1, 0.15) is 0 Å². The molecule has 1 aromatic heterocycles. The van der Waals surface area contributed by atoms with E-state index in [-0.39, 0.29) is 0 Å². The van der Waals surface area contributed by atoms with Crippen molar-refractivity contribution >= 4 is 13.0 Å². The second-order valence-electron chi connectivity index (χ2n) is 2.70. The van der Waals surface area contributed by atoms with E-state index in [1.165, 1.54) is 0 Å². The minimum atomic E-state index is -2.17. The molecule has 1 heterocycles. The number of anilines is 1. The number of pyridine rings is 1. The first kappa shape index (κ1) is 8.28. The summed E-state index contributed by atoms with van der Waals surface area (Å²) in [5.74, 6) is 0. The van der Waals surface area contributed by atoms with E-state index in [1.807, 2.05) is 0 Å². The van der Waals surface area contributed by atoms with Crippen LogP contribution in [0.2, 0.25) is 0 Å². The molecule has 0 amide bonds. The van der Waals surface area contributed by atoms with E-state index in [1.54, 1.807) is 37.9 Å². The molecule has 0 aliphatic carbocycles. The molecule has 0 atom stereocenters. The molecule has 60 valence electrons. The van der Waals surface area contributed by atoms with Gasteiger partial charge in [0.05, 0.1) is 0 Å². The Morgan fingerprint density at radius 1 is 1.36 bits per heavy atom. The van der Waals surface area contributed by atoms with Crippen molar-refractivity contribution < 1.29 is 4.57 Å². The molecule has 0 aromatic carbocycles. The number of hydrogen-bond donors (Lipinski definition) is 1. The molecule has 0 aliphatic rings. The summed E-state index contributed by atoms with van der Waals surface area (Å²) in [6.45, 7) is 3.38. The summed E-state index contributed by atoms with van der Waals surface area (Å²) in [6, 6.07) is 3.58. The Balaban J connectivity index is 2.74. The number of aromatic nitrogens is 1. The van der Waals surface area contributed by atoms with Crippen molar-refractivity contribution in [3.8, 4) is 0 Å². The largest absolute Gasteiger partial charge is 0.336 e. The lowest BCUT2D eigenvalue weighted by molar-refractivity contribution is 0.585. The first-order valence-corrected chi connectivity index (χ1v) is 5.91.